The van der Waals surface area contributed by atoms with E-state index in [4.69, 9.17) is 9.26 Å². The van der Waals surface area contributed by atoms with Crippen LogP contribution in [0.3, 0.4) is 0 Å². The first kappa shape index (κ1) is 17.1. The minimum absolute atomic E-state index is 0.507. The summed E-state index contributed by atoms with van der Waals surface area (Å²) in [5.41, 5.74) is 2.19. The second-order valence-corrected chi connectivity index (χ2v) is 6.44. The molecule has 0 bridgehead atoms. The Morgan fingerprint density at radius 3 is 2.88 bits per heavy atom. The van der Waals surface area contributed by atoms with E-state index in [2.05, 4.69) is 39.9 Å². The molecule has 6 nitrogen and oxygen atoms in total. The Labute approximate surface area is 143 Å². The second-order valence-electron chi connectivity index (χ2n) is 6.44. The molecule has 0 N–H and O–H groups in total. The van der Waals surface area contributed by atoms with Crippen LogP contribution in [0.5, 0.6) is 0 Å². The van der Waals surface area contributed by atoms with Crippen molar-refractivity contribution in [3.8, 4) is 11.4 Å². The summed E-state index contributed by atoms with van der Waals surface area (Å²) in [6.07, 6.45) is 0. The van der Waals surface area contributed by atoms with Crippen molar-refractivity contribution in [2.45, 2.75) is 26.4 Å². The van der Waals surface area contributed by atoms with Gasteiger partial charge in [-0.3, -0.25) is 9.80 Å². The average Bonchev–Trinajstić information content (AvgIpc) is 3.03. The number of aryl methyl sites for hydroxylation is 1. The van der Waals surface area contributed by atoms with Gasteiger partial charge in [0, 0.05) is 44.9 Å². The van der Waals surface area contributed by atoms with Gasteiger partial charge in [0.25, 0.3) is 0 Å². The maximum Gasteiger partial charge on any atom is 0.241 e. The molecule has 0 radical (unpaired) electrons. The van der Waals surface area contributed by atoms with E-state index in [0.29, 0.717) is 24.3 Å². The lowest BCUT2D eigenvalue weighted by molar-refractivity contribution is 0.0512. The third-order valence-electron chi connectivity index (χ3n) is 4.64. The number of benzene rings is 1. The van der Waals surface area contributed by atoms with E-state index in [1.54, 1.807) is 7.11 Å². The van der Waals surface area contributed by atoms with E-state index >= 15 is 0 Å². The van der Waals surface area contributed by atoms with Crippen molar-refractivity contribution < 1.29 is 9.26 Å². The number of hydrogen-bond donors (Lipinski definition) is 0. The first-order valence-corrected chi connectivity index (χ1v) is 8.51. The minimum Gasteiger partial charge on any atom is -0.383 e. The van der Waals surface area contributed by atoms with Crippen LogP contribution in [-0.2, 0) is 11.3 Å². The highest BCUT2D eigenvalue weighted by Crippen LogP contribution is 2.20. The molecule has 24 heavy (non-hydrogen) atoms. The normalized spacial score (nSPS) is 19.7. The molecule has 0 aliphatic carbocycles. The van der Waals surface area contributed by atoms with Gasteiger partial charge >= 0.3 is 0 Å². The fraction of sp³-hybridized carbons (Fsp3) is 0.556. The number of nitrogens with zero attached hydrogens (tertiary/aromatic N) is 4. The molecule has 1 aromatic heterocycles. The molecule has 1 atom stereocenters. The van der Waals surface area contributed by atoms with Gasteiger partial charge in [0.2, 0.25) is 11.7 Å². The molecule has 1 saturated heterocycles. The fourth-order valence-electron chi connectivity index (χ4n) is 3.20. The number of rotatable bonds is 6. The molecule has 130 valence electrons. The van der Waals surface area contributed by atoms with Crippen molar-refractivity contribution in [2.75, 3.05) is 39.9 Å². The Bertz CT molecular complexity index is 658. The van der Waals surface area contributed by atoms with E-state index in [-0.39, 0.29) is 0 Å². The topological polar surface area (TPSA) is 54.6 Å². The van der Waals surface area contributed by atoms with E-state index in [1.165, 1.54) is 0 Å². The minimum atomic E-state index is 0.507. The van der Waals surface area contributed by atoms with E-state index in [9.17, 15) is 0 Å². The Morgan fingerprint density at radius 1 is 1.29 bits per heavy atom. The fourth-order valence-corrected chi connectivity index (χ4v) is 3.20. The van der Waals surface area contributed by atoms with E-state index in [1.807, 2.05) is 18.2 Å². The van der Waals surface area contributed by atoms with Gasteiger partial charge in [-0.05, 0) is 19.4 Å². The number of piperazine rings is 1. The summed E-state index contributed by atoms with van der Waals surface area (Å²) in [5.74, 6) is 1.36. The quantitative estimate of drug-likeness (QED) is 0.809. The van der Waals surface area contributed by atoms with Crippen molar-refractivity contribution in [1.29, 1.82) is 0 Å². The number of hydrogen-bond acceptors (Lipinski definition) is 6. The molecule has 0 amide bonds. The number of ether oxygens (including phenoxy) is 1. The molecule has 1 aromatic carbocycles. The lowest BCUT2D eigenvalue weighted by Gasteiger charge is -2.39. The molecular weight excluding hydrogens is 304 g/mol. The molecule has 0 spiro atoms. The monoisotopic (exact) mass is 330 g/mol. The standard InChI is InChI=1S/C18H26N4O2/c1-14-6-4-5-7-16(14)18-19-17(24-20-18)13-21-8-9-22(10-11-23-3)15(2)12-21/h4-7,15H,8-13H2,1-3H3/t15-/m1/s1. The molecule has 1 aliphatic heterocycles. The van der Waals surface area contributed by atoms with Crippen molar-refractivity contribution in [3.63, 3.8) is 0 Å². The van der Waals surface area contributed by atoms with Crippen LogP contribution < -0.4 is 0 Å². The molecular formula is C18H26N4O2. The maximum atomic E-state index is 5.47. The number of methoxy groups -OCH3 is 1. The smallest absolute Gasteiger partial charge is 0.241 e. The van der Waals surface area contributed by atoms with Crippen molar-refractivity contribution in [3.05, 3.63) is 35.7 Å². The first-order chi connectivity index (χ1) is 11.7. The van der Waals surface area contributed by atoms with E-state index < -0.39 is 0 Å². The predicted octanol–water partition coefficient (Wildman–Crippen LogP) is 2.20. The van der Waals surface area contributed by atoms with Gasteiger partial charge in [-0.1, -0.05) is 29.4 Å². The van der Waals surface area contributed by atoms with Crippen LogP contribution in [0.1, 0.15) is 18.4 Å². The Balaban J connectivity index is 1.59. The zero-order chi connectivity index (χ0) is 16.9. The summed E-state index contributed by atoms with van der Waals surface area (Å²) in [6.45, 7) is 9.87. The zero-order valence-electron chi connectivity index (χ0n) is 14.7. The largest absolute Gasteiger partial charge is 0.383 e. The molecule has 2 aromatic rings. The highest BCUT2D eigenvalue weighted by Gasteiger charge is 2.24. The summed E-state index contributed by atoms with van der Waals surface area (Å²) in [6, 6.07) is 8.61. The van der Waals surface area contributed by atoms with Crippen molar-refractivity contribution >= 4 is 0 Å². The summed E-state index contributed by atoms with van der Waals surface area (Å²) >= 11 is 0. The van der Waals surface area contributed by atoms with Gasteiger partial charge in [-0.15, -0.1) is 0 Å². The van der Waals surface area contributed by atoms with Crippen LogP contribution >= 0.6 is 0 Å². The highest BCUT2D eigenvalue weighted by atomic mass is 16.5. The Hall–Kier alpha value is -1.76. The Morgan fingerprint density at radius 2 is 2.12 bits per heavy atom. The van der Waals surface area contributed by atoms with Crippen LogP contribution in [0.4, 0.5) is 0 Å². The number of aromatic nitrogens is 2. The molecule has 2 heterocycles. The molecule has 1 fully saturated rings. The van der Waals surface area contributed by atoms with Gasteiger partial charge < -0.3 is 9.26 Å². The highest BCUT2D eigenvalue weighted by molar-refractivity contribution is 5.58. The van der Waals surface area contributed by atoms with Crippen LogP contribution in [0, 0.1) is 6.92 Å². The third-order valence-corrected chi connectivity index (χ3v) is 4.64. The van der Waals surface area contributed by atoms with Crippen LogP contribution in [0.25, 0.3) is 11.4 Å². The lowest BCUT2D eigenvalue weighted by atomic mass is 10.1. The summed E-state index contributed by atoms with van der Waals surface area (Å²) < 4.78 is 10.6. The summed E-state index contributed by atoms with van der Waals surface area (Å²) in [5, 5.41) is 4.15. The van der Waals surface area contributed by atoms with Gasteiger partial charge in [0.1, 0.15) is 0 Å². The van der Waals surface area contributed by atoms with Crippen molar-refractivity contribution in [2.24, 2.45) is 0 Å². The van der Waals surface area contributed by atoms with Gasteiger partial charge in [0.05, 0.1) is 13.2 Å². The third kappa shape index (κ3) is 4.01. The van der Waals surface area contributed by atoms with Gasteiger partial charge in [0.15, 0.2) is 0 Å². The second kappa shape index (κ2) is 7.88. The van der Waals surface area contributed by atoms with E-state index in [0.717, 1.165) is 43.9 Å². The first-order valence-electron chi connectivity index (χ1n) is 8.51. The van der Waals surface area contributed by atoms with Crippen molar-refractivity contribution in [1.82, 2.24) is 19.9 Å². The predicted molar refractivity (Wildman–Crippen MR) is 92.7 cm³/mol. The maximum absolute atomic E-state index is 5.47. The molecule has 6 heteroatoms. The molecule has 1 aliphatic rings. The van der Waals surface area contributed by atoms with Gasteiger partial charge in [-0.25, -0.2) is 0 Å². The summed E-state index contributed by atoms with van der Waals surface area (Å²) in [4.78, 5) is 9.42. The average molecular weight is 330 g/mol. The Kier molecular flexibility index (Phi) is 5.60. The molecule has 0 unspecified atom stereocenters. The molecule has 0 saturated carbocycles. The summed E-state index contributed by atoms with van der Waals surface area (Å²) in [7, 11) is 1.75. The van der Waals surface area contributed by atoms with Crippen LogP contribution in [0.2, 0.25) is 0 Å². The van der Waals surface area contributed by atoms with Crippen LogP contribution in [0.15, 0.2) is 28.8 Å². The zero-order valence-corrected chi connectivity index (χ0v) is 14.7. The van der Waals surface area contributed by atoms with Crippen LogP contribution in [-0.4, -0.2) is 65.9 Å². The van der Waals surface area contributed by atoms with Gasteiger partial charge in [-0.2, -0.15) is 4.98 Å². The SMILES string of the molecule is COCCN1CCN(Cc2nc(-c3ccccc3C)no2)C[C@H]1C. The molecule has 3 rings (SSSR count). The lowest BCUT2D eigenvalue weighted by Crippen LogP contribution is -2.52.